The maximum absolute atomic E-state index is 14.0. The number of carbonyl (C=O) groups is 3. The van der Waals surface area contributed by atoms with Crippen LogP contribution in [0.15, 0.2) is 102 Å². The lowest BCUT2D eigenvalue weighted by atomic mass is 9.99. The zero-order valence-electron chi connectivity index (χ0n) is 26.5. The molecule has 45 heavy (non-hydrogen) atoms. The highest BCUT2D eigenvalue weighted by Gasteiger charge is 2.53. The summed E-state index contributed by atoms with van der Waals surface area (Å²) in [6.45, 7) is 9.57. The SMILES string of the molecule is CCOC(C)(COC1C(NC(=O)Cc2ccccc2)C(=O)N1C(C(=O)OC(c1ccccc1)c1ccccc1)=C(C)C)OCC. The zero-order chi connectivity index (χ0) is 32.4. The summed E-state index contributed by atoms with van der Waals surface area (Å²) in [6, 6.07) is 27.0. The largest absolute Gasteiger partial charge is 0.448 e. The van der Waals surface area contributed by atoms with E-state index in [1.165, 1.54) is 4.90 Å². The molecule has 0 saturated carbocycles. The molecule has 0 aromatic heterocycles. The number of hydrogen-bond acceptors (Lipinski definition) is 7. The molecule has 0 bridgehead atoms. The van der Waals surface area contributed by atoms with Crippen LogP contribution in [0.25, 0.3) is 0 Å². The van der Waals surface area contributed by atoms with E-state index >= 15 is 0 Å². The van der Waals surface area contributed by atoms with Crippen molar-refractivity contribution >= 4 is 17.8 Å². The molecule has 9 heteroatoms. The molecule has 0 aliphatic carbocycles. The quantitative estimate of drug-likeness (QED) is 0.107. The van der Waals surface area contributed by atoms with E-state index in [0.29, 0.717) is 18.8 Å². The molecule has 0 spiro atoms. The van der Waals surface area contributed by atoms with Gasteiger partial charge in [0.1, 0.15) is 12.3 Å². The molecular formula is C36H42N2O7. The Morgan fingerprint density at radius 2 is 1.36 bits per heavy atom. The van der Waals surface area contributed by atoms with Crippen molar-refractivity contribution in [3.63, 3.8) is 0 Å². The number of allylic oxidation sites excluding steroid dienone is 1. The number of nitrogens with zero attached hydrogens (tertiary/aromatic N) is 1. The lowest BCUT2D eigenvalue weighted by molar-refractivity contribution is -0.266. The molecule has 1 heterocycles. The summed E-state index contributed by atoms with van der Waals surface area (Å²) in [5, 5.41) is 2.81. The molecule has 1 fully saturated rings. The third kappa shape index (κ3) is 8.45. The van der Waals surface area contributed by atoms with Gasteiger partial charge in [-0.15, -0.1) is 0 Å². The summed E-state index contributed by atoms with van der Waals surface area (Å²) < 4.78 is 24.0. The van der Waals surface area contributed by atoms with Crippen LogP contribution in [0.1, 0.15) is 57.4 Å². The van der Waals surface area contributed by atoms with Crippen molar-refractivity contribution in [1.82, 2.24) is 10.2 Å². The maximum Gasteiger partial charge on any atom is 0.356 e. The molecule has 1 N–H and O–H groups in total. The molecule has 238 valence electrons. The van der Waals surface area contributed by atoms with Crippen molar-refractivity contribution in [3.8, 4) is 0 Å². The molecule has 2 amide bonds. The number of rotatable bonds is 15. The van der Waals surface area contributed by atoms with Gasteiger partial charge in [-0.3, -0.25) is 14.5 Å². The fourth-order valence-corrected chi connectivity index (χ4v) is 5.27. The van der Waals surface area contributed by atoms with E-state index in [4.69, 9.17) is 18.9 Å². The first-order chi connectivity index (χ1) is 21.7. The first-order valence-electron chi connectivity index (χ1n) is 15.2. The van der Waals surface area contributed by atoms with Gasteiger partial charge in [-0.2, -0.15) is 0 Å². The van der Waals surface area contributed by atoms with E-state index in [-0.39, 0.29) is 24.6 Å². The van der Waals surface area contributed by atoms with Crippen LogP contribution in [0.4, 0.5) is 0 Å². The molecule has 1 aliphatic rings. The third-order valence-electron chi connectivity index (χ3n) is 7.32. The van der Waals surface area contributed by atoms with E-state index in [9.17, 15) is 14.4 Å². The van der Waals surface area contributed by atoms with Crippen LogP contribution >= 0.6 is 0 Å². The molecule has 1 saturated heterocycles. The highest BCUT2D eigenvalue weighted by Crippen LogP contribution is 2.33. The summed E-state index contributed by atoms with van der Waals surface area (Å²) in [5.41, 5.74) is 2.96. The fraction of sp³-hybridized carbons (Fsp3) is 0.361. The van der Waals surface area contributed by atoms with Crippen LogP contribution in [-0.2, 0) is 39.8 Å². The second kappa shape index (κ2) is 15.6. The zero-order valence-corrected chi connectivity index (χ0v) is 26.5. The van der Waals surface area contributed by atoms with E-state index in [1.54, 1.807) is 20.8 Å². The molecule has 3 aromatic rings. The van der Waals surface area contributed by atoms with E-state index in [0.717, 1.165) is 16.7 Å². The number of amides is 2. The number of β-lactam (4-membered cyclic amide) rings is 1. The van der Waals surface area contributed by atoms with Gasteiger partial charge in [0.15, 0.2) is 24.2 Å². The molecule has 0 radical (unpaired) electrons. The number of esters is 1. The van der Waals surface area contributed by atoms with Gasteiger partial charge in [-0.25, -0.2) is 4.79 Å². The molecule has 3 aromatic carbocycles. The number of ether oxygens (including phenoxy) is 4. The summed E-state index contributed by atoms with van der Waals surface area (Å²) >= 11 is 0. The minimum absolute atomic E-state index is 0.0462. The Morgan fingerprint density at radius 3 is 1.84 bits per heavy atom. The second-order valence-electron chi connectivity index (χ2n) is 11.1. The Morgan fingerprint density at radius 1 is 0.844 bits per heavy atom. The van der Waals surface area contributed by atoms with Crippen LogP contribution in [-0.4, -0.2) is 60.6 Å². The first kappa shape index (κ1) is 33.6. The van der Waals surface area contributed by atoms with Crippen LogP contribution in [0.2, 0.25) is 0 Å². The molecule has 2 atom stereocenters. The normalized spacial score (nSPS) is 16.2. The average molecular weight is 615 g/mol. The Hall–Kier alpha value is -4.31. The summed E-state index contributed by atoms with van der Waals surface area (Å²) in [6.07, 6.45) is -1.65. The van der Waals surface area contributed by atoms with Gasteiger partial charge in [0.25, 0.3) is 5.91 Å². The van der Waals surface area contributed by atoms with Gasteiger partial charge in [0.2, 0.25) is 5.91 Å². The maximum atomic E-state index is 14.0. The van der Waals surface area contributed by atoms with Crippen LogP contribution in [0.5, 0.6) is 0 Å². The summed E-state index contributed by atoms with van der Waals surface area (Å²) in [4.78, 5) is 42.0. The van der Waals surface area contributed by atoms with E-state index in [1.807, 2.05) is 105 Å². The van der Waals surface area contributed by atoms with Gasteiger partial charge >= 0.3 is 5.97 Å². The predicted octanol–water partition coefficient (Wildman–Crippen LogP) is 5.31. The van der Waals surface area contributed by atoms with Crippen molar-refractivity contribution in [3.05, 3.63) is 119 Å². The van der Waals surface area contributed by atoms with Crippen LogP contribution < -0.4 is 5.32 Å². The highest BCUT2D eigenvalue weighted by molar-refractivity contribution is 6.01. The second-order valence-corrected chi connectivity index (χ2v) is 11.1. The highest BCUT2D eigenvalue weighted by atomic mass is 16.7. The molecule has 4 rings (SSSR count). The Labute approximate surface area is 265 Å². The van der Waals surface area contributed by atoms with E-state index in [2.05, 4.69) is 5.32 Å². The number of benzene rings is 3. The number of hydrogen-bond donors (Lipinski definition) is 1. The number of carbonyl (C=O) groups excluding carboxylic acids is 3. The van der Waals surface area contributed by atoms with E-state index < -0.39 is 36.0 Å². The number of likely N-dealkylation sites (tertiary alicyclic amines) is 1. The van der Waals surface area contributed by atoms with Crippen LogP contribution in [0.3, 0.4) is 0 Å². The van der Waals surface area contributed by atoms with Crippen molar-refractivity contribution < 1.29 is 33.3 Å². The average Bonchev–Trinajstić information content (AvgIpc) is 3.03. The lowest BCUT2D eigenvalue weighted by Crippen LogP contribution is -2.72. The molecule has 1 aliphatic heterocycles. The molecule has 9 nitrogen and oxygen atoms in total. The minimum atomic E-state index is -1.11. The molecule has 2 unspecified atom stereocenters. The van der Waals surface area contributed by atoms with Crippen molar-refractivity contribution in [2.24, 2.45) is 0 Å². The van der Waals surface area contributed by atoms with Gasteiger partial charge < -0.3 is 24.3 Å². The standard InChI is InChI=1S/C36H42N2O7/c1-6-43-36(5,44-7-2)24-42-34-30(37-29(39)23-26-17-11-8-12-18-26)33(40)38(34)31(25(3)4)35(41)45-32(27-19-13-9-14-20-27)28-21-15-10-16-22-28/h8-22,30,32,34H,6-7,23-24H2,1-5H3,(H,37,39). The Kier molecular flexibility index (Phi) is 11.6. The summed E-state index contributed by atoms with van der Waals surface area (Å²) in [7, 11) is 0. The number of nitrogens with one attached hydrogen (secondary N) is 1. The van der Waals surface area contributed by atoms with Crippen molar-refractivity contribution in [1.29, 1.82) is 0 Å². The van der Waals surface area contributed by atoms with Gasteiger partial charge in [0.05, 0.1) is 6.42 Å². The Bertz CT molecular complexity index is 1410. The third-order valence-corrected chi connectivity index (χ3v) is 7.32. The summed E-state index contributed by atoms with van der Waals surface area (Å²) in [5.74, 6) is -2.63. The van der Waals surface area contributed by atoms with Gasteiger partial charge in [-0.1, -0.05) is 91.0 Å². The van der Waals surface area contributed by atoms with Crippen LogP contribution in [0, 0.1) is 0 Å². The molecular weight excluding hydrogens is 572 g/mol. The predicted molar refractivity (Wildman–Crippen MR) is 170 cm³/mol. The first-order valence-corrected chi connectivity index (χ1v) is 15.2. The monoisotopic (exact) mass is 614 g/mol. The lowest BCUT2D eigenvalue weighted by Gasteiger charge is -2.48. The topological polar surface area (TPSA) is 103 Å². The van der Waals surface area contributed by atoms with Gasteiger partial charge in [-0.05, 0) is 56.9 Å². The fourth-order valence-electron chi connectivity index (χ4n) is 5.27. The smallest absolute Gasteiger partial charge is 0.356 e. The van der Waals surface area contributed by atoms with Gasteiger partial charge in [0, 0.05) is 13.2 Å². The van der Waals surface area contributed by atoms with Crippen molar-refractivity contribution in [2.45, 2.75) is 65.2 Å². The minimum Gasteiger partial charge on any atom is -0.448 e. The van der Waals surface area contributed by atoms with Crippen molar-refractivity contribution in [2.75, 3.05) is 19.8 Å². The Balaban J connectivity index is 1.61.